The van der Waals surface area contributed by atoms with Crippen LogP contribution in [-0.2, 0) is 4.74 Å². The Morgan fingerprint density at radius 1 is 1.40 bits per heavy atom. The van der Waals surface area contributed by atoms with Crippen molar-refractivity contribution in [3.05, 3.63) is 17.8 Å². The van der Waals surface area contributed by atoms with Gasteiger partial charge in [0.2, 0.25) is 6.23 Å². The van der Waals surface area contributed by atoms with Gasteiger partial charge in [-0.05, 0) is 0 Å². The lowest BCUT2D eigenvalue weighted by molar-refractivity contribution is -0.138. The molecule has 2 aromatic heterocycles. The summed E-state index contributed by atoms with van der Waals surface area (Å²) in [4.78, 5) is 11.4. The first-order valence-electron chi connectivity index (χ1n) is 5.62. The number of fused-ring (bicyclic) bond motifs is 1. The van der Waals surface area contributed by atoms with Crippen LogP contribution in [0.25, 0.3) is 11.2 Å². The number of nitrogens with zero attached hydrogens (tertiary/aromatic N) is 4. The molecule has 3 rings (SSSR count). The maximum Gasteiger partial charge on any atom is 0.320 e. The van der Waals surface area contributed by atoms with Crippen molar-refractivity contribution >= 4 is 22.8 Å². The summed E-state index contributed by atoms with van der Waals surface area (Å²) in [6.45, 7) is -0.727. The van der Waals surface area contributed by atoms with E-state index in [9.17, 15) is 13.9 Å². The van der Waals surface area contributed by atoms with Crippen molar-refractivity contribution in [3.8, 4) is 0 Å². The van der Waals surface area contributed by atoms with Gasteiger partial charge in [0.05, 0.1) is 12.9 Å². The molecule has 0 spiro atoms. The molecule has 0 saturated carbocycles. The number of aliphatic hydroxyl groups is 2. The van der Waals surface area contributed by atoms with E-state index < -0.39 is 31.0 Å². The lowest BCUT2D eigenvalue weighted by Crippen LogP contribution is -2.39. The van der Waals surface area contributed by atoms with Gasteiger partial charge in [0.25, 0.3) is 0 Å². The molecule has 1 fully saturated rings. The van der Waals surface area contributed by atoms with Crippen molar-refractivity contribution < 1.29 is 23.7 Å². The van der Waals surface area contributed by atoms with Crippen LogP contribution in [0.3, 0.4) is 0 Å². The minimum absolute atomic E-state index is 0.0225. The van der Waals surface area contributed by atoms with Gasteiger partial charge in [-0.2, -0.15) is 8.78 Å². The smallest absolute Gasteiger partial charge is 0.320 e. The largest absolute Gasteiger partial charge is 0.394 e. The molecule has 0 aromatic carbocycles. The van der Waals surface area contributed by atoms with Crippen LogP contribution in [0.1, 0.15) is 6.23 Å². The number of aromatic nitrogens is 4. The SMILES string of the molecule is OC[C@@H]1O[C@@H](n2cnc3c(Cl)ncnc32)C(F)(F)[C@H]1O. The molecule has 1 saturated heterocycles. The summed E-state index contributed by atoms with van der Waals surface area (Å²) in [7, 11) is 0. The quantitative estimate of drug-likeness (QED) is 0.779. The van der Waals surface area contributed by atoms with E-state index in [1.807, 2.05) is 0 Å². The second kappa shape index (κ2) is 4.55. The van der Waals surface area contributed by atoms with Crippen LogP contribution >= 0.6 is 11.6 Å². The molecule has 2 aromatic rings. The van der Waals surface area contributed by atoms with Gasteiger partial charge in [-0.15, -0.1) is 0 Å². The molecule has 20 heavy (non-hydrogen) atoms. The summed E-state index contributed by atoms with van der Waals surface area (Å²) in [5.41, 5.74) is 0.205. The monoisotopic (exact) mass is 306 g/mol. The van der Waals surface area contributed by atoms with Gasteiger partial charge in [0, 0.05) is 0 Å². The fraction of sp³-hybridized carbons (Fsp3) is 0.500. The zero-order valence-corrected chi connectivity index (χ0v) is 10.6. The minimum Gasteiger partial charge on any atom is -0.394 e. The molecule has 0 aliphatic carbocycles. The Morgan fingerprint density at radius 2 is 2.15 bits per heavy atom. The molecule has 108 valence electrons. The Balaban J connectivity index is 2.10. The molecule has 0 bridgehead atoms. The van der Waals surface area contributed by atoms with Crippen molar-refractivity contribution in [1.82, 2.24) is 19.5 Å². The van der Waals surface area contributed by atoms with Gasteiger partial charge in [-0.1, -0.05) is 11.6 Å². The van der Waals surface area contributed by atoms with E-state index in [1.165, 1.54) is 0 Å². The third kappa shape index (κ3) is 1.78. The van der Waals surface area contributed by atoms with Crippen LogP contribution in [0, 0.1) is 0 Å². The maximum absolute atomic E-state index is 14.0. The third-order valence-corrected chi connectivity index (χ3v) is 3.40. The van der Waals surface area contributed by atoms with E-state index in [1.54, 1.807) is 0 Å². The zero-order chi connectivity index (χ0) is 14.5. The van der Waals surface area contributed by atoms with Gasteiger partial charge >= 0.3 is 5.92 Å². The highest BCUT2D eigenvalue weighted by molar-refractivity contribution is 6.33. The number of hydrogen-bond acceptors (Lipinski definition) is 6. The van der Waals surface area contributed by atoms with E-state index in [0.717, 1.165) is 17.2 Å². The number of hydrogen-bond donors (Lipinski definition) is 2. The van der Waals surface area contributed by atoms with Crippen LogP contribution in [0.4, 0.5) is 8.78 Å². The molecular weight excluding hydrogens is 298 g/mol. The number of alkyl halides is 2. The van der Waals surface area contributed by atoms with Crippen LogP contribution in [-0.4, -0.2) is 54.5 Å². The van der Waals surface area contributed by atoms with Crippen molar-refractivity contribution in [3.63, 3.8) is 0 Å². The highest BCUT2D eigenvalue weighted by atomic mass is 35.5. The molecule has 3 heterocycles. The molecule has 10 heteroatoms. The van der Waals surface area contributed by atoms with Crippen LogP contribution < -0.4 is 0 Å². The Bertz CT molecular complexity index is 652. The Labute approximate surface area is 115 Å². The normalized spacial score (nSPS) is 29.1. The van der Waals surface area contributed by atoms with E-state index >= 15 is 0 Å². The standard InChI is InChI=1S/C10H9ClF2N4O3/c11-7-5-8(15-2-14-7)17(3-16-5)9-10(12,13)6(19)4(1-18)20-9/h2-4,6,9,18-19H,1H2/t4-,6-,9+/m0/s1. The summed E-state index contributed by atoms with van der Waals surface area (Å²) in [5, 5.41) is 18.5. The lowest BCUT2D eigenvalue weighted by Gasteiger charge is -2.20. The number of halogens is 3. The van der Waals surface area contributed by atoms with Gasteiger partial charge in [0.1, 0.15) is 17.9 Å². The zero-order valence-electron chi connectivity index (χ0n) is 9.82. The lowest BCUT2D eigenvalue weighted by atomic mass is 10.1. The highest BCUT2D eigenvalue weighted by Crippen LogP contribution is 2.43. The van der Waals surface area contributed by atoms with Crippen LogP contribution in [0.15, 0.2) is 12.7 Å². The van der Waals surface area contributed by atoms with E-state index in [0.29, 0.717) is 0 Å². The molecule has 2 N–H and O–H groups in total. The average molecular weight is 307 g/mol. The molecule has 7 nitrogen and oxygen atoms in total. The fourth-order valence-corrected chi connectivity index (χ4v) is 2.29. The Kier molecular flexibility index (Phi) is 3.09. The van der Waals surface area contributed by atoms with Crippen molar-refractivity contribution in [2.24, 2.45) is 0 Å². The number of aliphatic hydroxyl groups excluding tert-OH is 2. The fourth-order valence-electron chi connectivity index (χ4n) is 2.11. The van der Waals surface area contributed by atoms with Gasteiger partial charge in [-0.25, -0.2) is 15.0 Å². The van der Waals surface area contributed by atoms with Crippen LogP contribution in [0.2, 0.25) is 5.15 Å². The number of imidazole rings is 1. The minimum atomic E-state index is -3.60. The van der Waals surface area contributed by atoms with Crippen molar-refractivity contribution in [2.45, 2.75) is 24.4 Å². The maximum atomic E-state index is 14.0. The summed E-state index contributed by atoms with van der Waals surface area (Å²) < 4.78 is 34.0. The van der Waals surface area contributed by atoms with Gasteiger partial charge in [0.15, 0.2) is 16.9 Å². The summed E-state index contributed by atoms with van der Waals surface area (Å²) in [6, 6.07) is 0. The summed E-state index contributed by atoms with van der Waals surface area (Å²) in [6.07, 6.45) is -3.14. The topological polar surface area (TPSA) is 93.3 Å². The van der Waals surface area contributed by atoms with Crippen molar-refractivity contribution in [1.29, 1.82) is 0 Å². The molecule has 0 amide bonds. The Hall–Kier alpha value is -1.42. The second-order valence-corrected chi connectivity index (χ2v) is 4.68. The predicted molar refractivity (Wildman–Crippen MR) is 62.3 cm³/mol. The predicted octanol–water partition coefficient (Wildman–Crippen LogP) is 0.366. The van der Waals surface area contributed by atoms with Gasteiger partial charge in [-0.3, -0.25) is 4.57 Å². The van der Waals surface area contributed by atoms with Crippen LogP contribution in [0.5, 0.6) is 0 Å². The molecule has 1 aliphatic heterocycles. The molecule has 3 atom stereocenters. The van der Waals surface area contributed by atoms with E-state index in [-0.39, 0.29) is 16.3 Å². The Morgan fingerprint density at radius 3 is 2.80 bits per heavy atom. The second-order valence-electron chi connectivity index (χ2n) is 4.32. The first-order valence-corrected chi connectivity index (χ1v) is 6.00. The molecule has 0 unspecified atom stereocenters. The number of ether oxygens (including phenoxy) is 1. The van der Waals surface area contributed by atoms with Gasteiger partial charge < -0.3 is 14.9 Å². The molecular formula is C10H9ClF2N4O3. The third-order valence-electron chi connectivity index (χ3n) is 3.13. The summed E-state index contributed by atoms with van der Waals surface area (Å²) in [5.74, 6) is -3.60. The average Bonchev–Trinajstić information content (AvgIpc) is 2.92. The van der Waals surface area contributed by atoms with Crippen molar-refractivity contribution in [2.75, 3.05) is 6.61 Å². The highest BCUT2D eigenvalue weighted by Gasteiger charge is 2.59. The molecule has 1 aliphatic rings. The van der Waals surface area contributed by atoms with E-state index in [2.05, 4.69) is 15.0 Å². The first kappa shape index (κ1) is 13.6. The summed E-state index contributed by atoms with van der Waals surface area (Å²) >= 11 is 5.79. The first-order chi connectivity index (χ1) is 9.46. The van der Waals surface area contributed by atoms with E-state index in [4.69, 9.17) is 21.4 Å². The number of rotatable bonds is 2. The molecule has 0 radical (unpaired) electrons.